The second kappa shape index (κ2) is 7.60. The largest absolute Gasteiger partial charge is 0.394 e. The summed E-state index contributed by atoms with van der Waals surface area (Å²) in [5.74, 6) is 0.634. The van der Waals surface area contributed by atoms with Gasteiger partial charge in [0.05, 0.1) is 18.6 Å². The van der Waals surface area contributed by atoms with Gasteiger partial charge in [-0.2, -0.15) is 4.98 Å². The van der Waals surface area contributed by atoms with E-state index in [4.69, 9.17) is 10.5 Å². The number of nitrogens with two attached hydrogens (primary N) is 1. The molecule has 5 N–H and O–H groups in total. The maximum absolute atomic E-state index is 10.3. The second-order valence-corrected chi connectivity index (χ2v) is 7.46. The number of aliphatic hydroxyl groups is 3. The van der Waals surface area contributed by atoms with Crippen LogP contribution in [0, 0.1) is 6.92 Å². The zero-order chi connectivity index (χ0) is 19.8. The Morgan fingerprint density at radius 3 is 2.75 bits per heavy atom. The molecule has 1 saturated heterocycles. The number of ether oxygens (including phenoxy) is 1. The van der Waals surface area contributed by atoms with Gasteiger partial charge in [-0.1, -0.05) is 17.8 Å². The third-order valence-electron chi connectivity index (χ3n) is 4.50. The standard InChI is InChI=1S/C17H20N6O4S/c1-8-3-2-4-9(20-8)6-28-15-11-14(21-17(18)22-15)23(7-19-11)16-13(26)12(25)10(5-24)27-16/h2-4,7,10,12-13,16,24-26H,5-6H2,1H3,(H2,18,21,22)/t10-,12+,13+,16-/m0/s1. The minimum atomic E-state index is -1.24. The number of fused-ring (bicyclic) bond motifs is 1. The first-order valence-electron chi connectivity index (χ1n) is 8.65. The molecule has 0 aromatic carbocycles. The average molecular weight is 404 g/mol. The van der Waals surface area contributed by atoms with Crippen molar-refractivity contribution < 1.29 is 20.1 Å². The SMILES string of the molecule is Cc1cccc(CSc2nc(N)nc3c2ncn3[C@H]2O[C@@H](CO)[C@@H](O)[C@H]2O)n1. The number of thioether (sulfide) groups is 1. The Balaban J connectivity index is 1.65. The molecule has 0 spiro atoms. The number of nitrogen functional groups attached to an aromatic ring is 1. The number of hydrogen-bond donors (Lipinski definition) is 4. The van der Waals surface area contributed by atoms with Crippen molar-refractivity contribution in [2.75, 3.05) is 12.3 Å². The lowest BCUT2D eigenvalue weighted by Gasteiger charge is -2.16. The highest BCUT2D eigenvalue weighted by molar-refractivity contribution is 7.98. The molecule has 0 unspecified atom stereocenters. The summed E-state index contributed by atoms with van der Waals surface area (Å²) in [6.45, 7) is 1.51. The number of nitrogens with zero attached hydrogens (tertiary/aromatic N) is 5. The van der Waals surface area contributed by atoms with Crippen molar-refractivity contribution in [1.82, 2.24) is 24.5 Å². The molecule has 0 radical (unpaired) electrons. The van der Waals surface area contributed by atoms with Gasteiger partial charge in [-0.05, 0) is 19.1 Å². The molecule has 1 aliphatic rings. The monoisotopic (exact) mass is 404 g/mol. The number of aliphatic hydroxyl groups excluding tert-OH is 3. The van der Waals surface area contributed by atoms with E-state index in [1.54, 1.807) is 0 Å². The predicted octanol–water partition coefficient (Wildman–Crippen LogP) is 0.0157. The molecule has 4 atom stereocenters. The summed E-state index contributed by atoms with van der Waals surface area (Å²) in [6, 6.07) is 5.80. The van der Waals surface area contributed by atoms with Crippen LogP contribution in [0.2, 0.25) is 0 Å². The summed E-state index contributed by atoms with van der Waals surface area (Å²) in [6.07, 6.45) is -2.83. The fourth-order valence-corrected chi connectivity index (χ4v) is 4.01. The molecule has 1 aliphatic heterocycles. The topological polar surface area (TPSA) is 152 Å². The van der Waals surface area contributed by atoms with Gasteiger partial charge < -0.3 is 25.8 Å². The summed E-state index contributed by atoms with van der Waals surface area (Å²) in [4.78, 5) is 17.3. The highest BCUT2D eigenvalue weighted by Gasteiger charge is 2.44. The third kappa shape index (κ3) is 3.42. The number of anilines is 1. The molecular formula is C17H20N6O4S. The maximum Gasteiger partial charge on any atom is 0.223 e. The number of aromatic nitrogens is 5. The average Bonchev–Trinajstić information content (AvgIpc) is 3.21. The lowest BCUT2D eigenvalue weighted by atomic mass is 10.1. The Morgan fingerprint density at radius 1 is 1.21 bits per heavy atom. The lowest BCUT2D eigenvalue weighted by Crippen LogP contribution is -2.33. The van der Waals surface area contributed by atoms with E-state index >= 15 is 0 Å². The predicted molar refractivity (Wildman–Crippen MR) is 101 cm³/mol. The summed E-state index contributed by atoms with van der Waals surface area (Å²) < 4.78 is 7.06. The Kier molecular flexibility index (Phi) is 5.17. The summed E-state index contributed by atoms with van der Waals surface area (Å²) in [5, 5.41) is 30.2. The highest BCUT2D eigenvalue weighted by Crippen LogP contribution is 2.34. The Hall–Kier alpha value is -2.31. The second-order valence-electron chi connectivity index (χ2n) is 6.50. The number of rotatable bonds is 5. The van der Waals surface area contributed by atoms with Gasteiger partial charge in [-0.15, -0.1) is 0 Å². The van der Waals surface area contributed by atoms with Crippen molar-refractivity contribution in [1.29, 1.82) is 0 Å². The van der Waals surface area contributed by atoms with E-state index in [-0.39, 0.29) is 5.95 Å². The summed E-state index contributed by atoms with van der Waals surface area (Å²) >= 11 is 1.43. The first-order valence-corrected chi connectivity index (χ1v) is 9.64. The van der Waals surface area contributed by atoms with Crippen LogP contribution in [0.15, 0.2) is 29.6 Å². The Labute approximate surface area is 164 Å². The van der Waals surface area contributed by atoms with Crippen LogP contribution in [-0.2, 0) is 10.5 Å². The quantitative estimate of drug-likeness (QED) is 0.338. The zero-order valence-electron chi connectivity index (χ0n) is 15.0. The van der Waals surface area contributed by atoms with E-state index in [1.807, 2.05) is 25.1 Å². The molecular weight excluding hydrogens is 384 g/mol. The van der Waals surface area contributed by atoms with Crippen LogP contribution in [0.3, 0.4) is 0 Å². The van der Waals surface area contributed by atoms with Crippen LogP contribution in [0.25, 0.3) is 11.2 Å². The molecule has 0 aliphatic carbocycles. The molecule has 1 fully saturated rings. The first-order chi connectivity index (χ1) is 13.5. The van der Waals surface area contributed by atoms with E-state index in [2.05, 4.69) is 19.9 Å². The van der Waals surface area contributed by atoms with Crippen molar-refractivity contribution in [3.8, 4) is 0 Å². The van der Waals surface area contributed by atoms with Crippen molar-refractivity contribution in [3.63, 3.8) is 0 Å². The molecule has 3 aromatic heterocycles. The molecule has 28 heavy (non-hydrogen) atoms. The van der Waals surface area contributed by atoms with Gasteiger partial charge in [0.2, 0.25) is 5.95 Å². The maximum atomic E-state index is 10.3. The molecule has 0 amide bonds. The normalized spacial score (nSPS) is 24.9. The number of imidazole rings is 1. The van der Waals surface area contributed by atoms with Gasteiger partial charge in [0.1, 0.15) is 28.9 Å². The minimum absolute atomic E-state index is 0.0562. The van der Waals surface area contributed by atoms with Gasteiger partial charge in [-0.25, -0.2) is 9.97 Å². The number of aryl methyl sites for hydroxylation is 1. The van der Waals surface area contributed by atoms with Gasteiger partial charge in [-0.3, -0.25) is 9.55 Å². The smallest absolute Gasteiger partial charge is 0.223 e. The van der Waals surface area contributed by atoms with E-state index in [9.17, 15) is 15.3 Å². The zero-order valence-corrected chi connectivity index (χ0v) is 15.8. The molecule has 4 heterocycles. The molecule has 0 saturated carbocycles. The minimum Gasteiger partial charge on any atom is -0.394 e. The van der Waals surface area contributed by atoms with Gasteiger partial charge in [0, 0.05) is 11.4 Å². The van der Waals surface area contributed by atoms with Crippen molar-refractivity contribution in [3.05, 3.63) is 35.9 Å². The fourth-order valence-electron chi connectivity index (χ4n) is 3.13. The summed E-state index contributed by atoms with van der Waals surface area (Å²) in [7, 11) is 0. The van der Waals surface area contributed by atoms with E-state index < -0.39 is 31.1 Å². The van der Waals surface area contributed by atoms with Crippen LogP contribution in [0.1, 0.15) is 17.6 Å². The number of hydrogen-bond acceptors (Lipinski definition) is 10. The molecule has 11 heteroatoms. The van der Waals surface area contributed by atoms with Gasteiger partial charge >= 0.3 is 0 Å². The van der Waals surface area contributed by atoms with E-state index in [0.717, 1.165) is 11.4 Å². The molecule has 148 valence electrons. The fraction of sp³-hybridized carbons (Fsp3) is 0.412. The lowest BCUT2D eigenvalue weighted by molar-refractivity contribution is -0.0511. The molecule has 4 rings (SSSR count). The first kappa shape index (κ1) is 19.0. The van der Waals surface area contributed by atoms with Crippen LogP contribution in [-0.4, -0.2) is 64.7 Å². The highest BCUT2D eigenvalue weighted by atomic mass is 32.2. The van der Waals surface area contributed by atoms with Gasteiger partial charge in [0.15, 0.2) is 11.9 Å². The van der Waals surface area contributed by atoms with Crippen LogP contribution >= 0.6 is 11.8 Å². The van der Waals surface area contributed by atoms with Crippen molar-refractivity contribution in [2.45, 2.75) is 42.2 Å². The van der Waals surface area contributed by atoms with Crippen molar-refractivity contribution >= 4 is 28.9 Å². The summed E-state index contributed by atoms with van der Waals surface area (Å²) in [5.41, 5.74) is 8.59. The van der Waals surface area contributed by atoms with Crippen LogP contribution < -0.4 is 5.73 Å². The van der Waals surface area contributed by atoms with Crippen LogP contribution in [0.4, 0.5) is 5.95 Å². The number of pyridine rings is 1. The van der Waals surface area contributed by atoms with Crippen LogP contribution in [0.5, 0.6) is 0 Å². The Morgan fingerprint density at radius 2 is 2.04 bits per heavy atom. The van der Waals surface area contributed by atoms with Gasteiger partial charge in [0.25, 0.3) is 0 Å². The third-order valence-corrected chi connectivity index (χ3v) is 5.50. The molecule has 10 nitrogen and oxygen atoms in total. The Bertz CT molecular complexity index is 999. The molecule has 3 aromatic rings. The van der Waals surface area contributed by atoms with E-state index in [1.165, 1.54) is 22.7 Å². The van der Waals surface area contributed by atoms with E-state index in [0.29, 0.717) is 21.9 Å². The van der Waals surface area contributed by atoms with Crippen molar-refractivity contribution in [2.24, 2.45) is 0 Å². The molecule has 0 bridgehead atoms.